The summed E-state index contributed by atoms with van der Waals surface area (Å²) in [6.07, 6.45) is -8.28. The highest BCUT2D eigenvalue weighted by molar-refractivity contribution is 5.98. The van der Waals surface area contributed by atoms with Gasteiger partial charge in [0, 0.05) is 6.20 Å². The average Bonchev–Trinajstić information content (AvgIpc) is 3.15. The van der Waals surface area contributed by atoms with Crippen molar-refractivity contribution in [3.63, 3.8) is 0 Å². The number of carbonyl (C=O) groups is 1. The van der Waals surface area contributed by atoms with Gasteiger partial charge in [-0.25, -0.2) is 0 Å². The summed E-state index contributed by atoms with van der Waals surface area (Å²) in [7, 11) is 0. The number of nitrogens with zero attached hydrogens (tertiary/aromatic N) is 3. The Bertz CT molecular complexity index is 1160. The minimum absolute atomic E-state index is 0.119. The highest BCUT2D eigenvalue weighted by atomic mass is 19.4. The van der Waals surface area contributed by atoms with Gasteiger partial charge in [0.25, 0.3) is 5.91 Å². The number of hydrogen-bond acceptors (Lipinski definition) is 4. The summed E-state index contributed by atoms with van der Waals surface area (Å²) in [5.74, 6) is -0.575. The maximum absolute atomic E-state index is 13.1. The number of rotatable bonds is 4. The third kappa shape index (κ3) is 5.21. The zero-order valence-corrected chi connectivity index (χ0v) is 16.7. The van der Waals surface area contributed by atoms with Crippen LogP contribution >= 0.6 is 0 Å². The van der Waals surface area contributed by atoms with Gasteiger partial charge in [0.2, 0.25) is 0 Å². The Kier molecular flexibility index (Phi) is 5.68. The number of ether oxygens (including phenoxy) is 2. The molecule has 33 heavy (non-hydrogen) atoms. The molecule has 174 valence electrons. The second-order valence-electron chi connectivity index (χ2n) is 7.08. The van der Waals surface area contributed by atoms with Crippen LogP contribution in [0.15, 0.2) is 54.7 Å². The molecule has 12 heteroatoms. The molecule has 2 aromatic carbocycles. The lowest BCUT2D eigenvalue weighted by molar-refractivity contribution is -0.274. The van der Waals surface area contributed by atoms with Gasteiger partial charge in [-0.15, -0.1) is 13.2 Å². The first-order chi connectivity index (χ1) is 15.5. The summed E-state index contributed by atoms with van der Waals surface area (Å²) in [6, 6.07) is 10.6. The van der Waals surface area contributed by atoms with Gasteiger partial charge in [-0.3, -0.25) is 9.48 Å². The van der Waals surface area contributed by atoms with E-state index in [-0.39, 0.29) is 31.1 Å². The van der Waals surface area contributed by atoms with E-state index in [2.05, 4.69) is 9.84 Å². The van der Waals surface area contributed by atoms with Gasteiger partial charge in [0.15, 0.2) is 5.69 Å². The number of benzene rings is 2. The first-order valence-electron chi connectivity index (χ1n) is 9.52. The quantitative estimate of drug-likeness (QED) is 0.505. The van der Waals surface area contributed by atoms with Gasteiger partial charge in [-0.05, 0) is 41.5 Å². The minimum atomic E-state index is -4.81. The molecule has 0 aliphatic carbocycles. The molecule has 2 heterocycles. The van der Waals surface area contributed by atoms with Crippen molar-refractivity contribution in [3.8, 4) is 22.6 Å². The second-order valence-corrected chi connectivity index (χ2v) is 7.08. The maximum Gasteiger partial charge on any atom is 0.573 e. The highest BCUT2D eigenvalue weighted by Gasteiger charge is 2.34. The van der Waals surface area contributed by atoms with Crippen LogP contribution in [0.3, 0.4) is 0 Å². The monoisotopic (exact) mass is 471 g/mol. The van der Waals surface area contributed by atoms with Gasteiger partial charge in [-0.2, -0.15) is 18.3 Å². The molecular formula is C21H15F6N3O3. The summed E-state index contributed by atoms with van der Waals surface area (Å²) in [4.78, 5) is 14.4. The molecule has 6 nitrogen and oxygen atoms in total. The smallest absolute Gasteiger partial charge is 0.491 e. The lowest BCUT2D eigenvalue weighted by Gasteiger charge is -2.20. The number of hydrogen-bond donors (Lipinski definition) is 0. The van der Waals surface area contributed by atoms with Crippen LogP contribution in [0.4, 0.5) is 26.3 Å². The fraction of sp³-hybridized carbons (Fsp3) is 0.238. The lowest BCUT2D eigenvalue weighted by Crippen LogP contribution is -2.34. The lowest BCUT2D eigenvalue weighted by atomic mass is 10.0. The Morgan fingerprint density at radius 2 is 1.67 bits per heavy atom. The van der Waals surface area contributed by atoms with E-state index >= 15 is 0 Å². The van der Waals surface area contributed by atoms with E-state index in [9.17, 15) is 31.1 Å². The zero-order chi connectivity index (χ0) is 23.8. The van der Waals surface area contributed by atoms with Crippen LogP contribution in [-0.2, 0) is 12.8 Å². The van der Waals surface area contributed by atoms with E-state index in [4.69, 9.17) is 4.74 Å². The fourth-order valence-electron chi connectivity index (χ4n) is 3.29. The van der Waals surface area contributed by atoms with E-state index in [0.717, 1.165) is 29.1 Å². The van der Waals surface area contributed by atoms with E-state index in [1.165, 1.54) is 23.1 Å². The molecule has 0 fully saturated rings. The Labute approximate surface area is 182 Å². The highest BCUT2D eigenvalue weighted by Crippen LogP contribution is 2.32. The molecule has 0 radical (unpaired) electrons. The van der Waals surface area contributed by atoms with Gasteiger partial charge >= 0.3 is 12.5 Å². The Morgan fingerprint density at radius 3 is 2.30 bits per heavy atom. The van der Waals surface area contributed by atoms with E-state index in [1.54, 1.807) is 12.1 Å². The normalized spacial score (nSPS) is 14.5. The molecule has 4 rings (SSSR count). The number of amides is 1. The number of carbonyl (C=O) groups excluding carboxylic acids is 1. The molecule has 0 saturated carbocycles. The van der Waals surface area contributed by atoms with Crippen LogP contribution < -0.4 is 9.47 Å². The molecule has 0 unspecified atom stereocenters. The average molecular weight is 471 g/mol. The molecular weight excluding hydrogens is 456 g/mol. The first kappa shape index (κ1) is 22.5. The topological polar surface area (TPSA) is 56.6 Å². The molecule has 0 atom stereocenters. The summed E-state index contributed by atoms with van der Waals surface area (Å²) < 4.78 is 85.9. The predicted octanol–water partition coefficient (Wildman–Crippen LogP) is 4.96. The molecule has 1 aromatic heterocycles. The zero-order valence-electron chi connectivity index (χ0n) is 16.7. The van der Waals surface area contributed by atoms with E-state index in [1.807, 2.05) is 0 Å². The van der Waals surface area contributed by atoms with Crippen molar-refractivity contribution in [2.24, 2.45) is 0 Å². The Morgan fingerprint density at radius 1 is 0.970 bits per heavy atom. The van der Waals surface area contributed by atoms with Crippen LogP contribution in [0.2, 0.25) is 0 Å². The molecule has 1 amide bonds. The number of halogens is 6. The van der Waals surface area contributed by atoms with Crippen molar-refractivity contribution in [3.05, 3.63) is 66.0 Å². The van der Waals surface area contributed by atoms with Gasteiger partial charge in [0.05, 0.1) is 12.1 Å². The standard InChI is InChI=1S/C21H15F6N3O3/c22-20(23,24)18-7-8-30(28-18)12-29-9-10-32-17-6-3-14(11-16(17)19(29)31)13-1-4-15(5-2-13)33-21(25,26)27/h1-8,11H,9-10,12H2. The summed E-state index contributed by atoms with van der Waals surface area (Å²) in [6.45, 7) is 0.0217. The molecule has 0 bridgehead atoms. The number of fused-ring (bicyclic) bond motifs is 1. The number of aromatic nitrogens is 2. The third-order valence-electron chi connectivity index (χ3n) is 4.78. The molecule has 0 N–H and O–H groups in total. The van der Waals surface area contributed by atoms with Crippen LogP contribution in [-0.4, -0.2) is 40.1 Å². The largest absolute Gasteiger partial charge is 0.573 e. The van der Waals surface area contributed by atoms with Crippen molar-refractivity contribution in [2.75, 3.05) is 13.2 Å². The predicted molar refractivity (Wildman–Crippen MR) is 102 cm³/mol. The molecule has 0 spiro atoms. The van der Waals surface area contributed by atoms with Gasteiger partial charge < -0.3 is 14.4 Å². The molecule has 0 saturated heterocycles. The SMILES string of the molecule is O=C1c2cc(-c3ccc(OC(F)(F)F)cc3)ccc2OCCN1Cn1ccc(C(F)(F)F)n1. The third-order valence-corrected chi connectivity index (χ3v) is 4.78. The minimum Gasteiger partial charge on any atom is -0.491 e. The molecule has 3 aromatic rings. The first-order valence-corrected chi connectivity index (χ1v) is 9.52. The fourth-order valence-corrected chi connectivity index (χ4v) is 3.29. The van der Waals surface area contributed by atoms with Crippen LogP contribution in [0, 0.1) is 0 Å². The van der Waals surface area contributed by atoms with E-state index < -0.39 is 24.1 Å². The number of alkyl halides is 6. The van der Waals surface area contributed by atoms with Gasteiger partial charge in [-0.1, -0.05) is 18.2 Å². The maximum atomic E-state index is 13.1. The molecule has 1 aliphatic heterocycles. The van der Waals surface area contributed by atoms with Crippen molar-refractivity contribution < 1.29 is 40.6 Å². The Hall–Kier alpha value is -3.70. The van der Waals surface area contributed by atoms with Crippen molar-refractivity contribution >= 4 is 5.91 Å². The second kappa shape index (κ2) is 8.34. The summed E-state index contributed by atoms with van der Waals surface area (Å²) >= 11 is 0. The van der Waals surface area contributed by atoms with Crippen molar-refractivity contribution in [1.29, 1.82) is 0 Å². The van der Waals surface area contributed by atoms with Crippen molar-refractivity contribution in [2.45, 2.75) is 19.2 Å². The van der Waals surface area contributed by atoms with Crippen molar-refractivity contribution in [1.82, 2.24) is 14.7 Å². The van der Waals surface area contributed by atoms with Gasteiger partial charge in [0.1, 0.15) is 24.8 Å². The summed E-state index contributed by atoms with van der Waals surface area (Å²) in [5, 5.41) is 3.46. The summed E-state index contributed by atoms with van der Waals surface area (Å²) in [5.41, 5.74) is 0.160. The Balaban J connectivity index is 1.56. The van der Waals surface area contributed by atoms with E-state index in [0.29, 0.717) is 16.9 Å². The van der Waals surface area contributed by atoms with Crippen LogP contribution in [0.1, 0.15) is 16.1 Å². The van der Waals surface area contributed by atoms with Crippen LogP contribution in [0.25, 0.3) is 11.1 Å². The van der Waals surface area contributed by atoms with Crippen LogP contribution in [0.5, 0.6) is 11.5 Å². The molecule has 1 aliphatic rings.